The van der Waals surface area contributed by atoms with Crippen molar-refractivity contribution in [2.45, 2.75) is 139 Å². The van der Waals surface area contributed by atoms with Gasteiger partial charge < -0.3 is 80.6 Å². The fraction of sp³-hybridized carbons (Fsp3) is 0.625. The summed E-state index contributed by atoms with van der Waals surface area (Å²) in [4.78, 5) is 151. The van der Waals surface area contributed by atoms with E-state index in [9.17, 15) is 57.8 Å². The number of carboxylic acids is 1. The highest BCUT2D eigenvalue weighted by atomic mass is 32.2. The number of guanidine groups is 1. The number of hydrogen-bond acceptors (Lipinski definition) is 16. The molecule has 10 atom stereocenters. The second-order valence-corrected chi connectivity index (χ2v) is 20.7. The monoisotopic (exact) mass is 1120 g/mol. The van der Waals surface area contributed by atoms with Crippen molar-refractivity contribution >= 4 is 94.5 Å². The van der Waals surface area contributed by atoms with Gasteiger partial charge in [0.1, 0.15) is 54.4 Å². The van der Waals surface area contributed by atoms with Gasteiger partial charge in [0, 0.05) is 13.1 Å². The molecule has 27 nitrogen and oxygen atoms in total. The average molecular weight is 1120 g/mol. The molecule has 0 unspecified atom stereocenters. The van der Waals surface area contributed by atoms with Gasteiger partial charge in [0.2, 0.25) is 59.1 Å². The highest BCUT2D eigenvalue weighted by Gasteiger charge is 2.40. The Balaban J connectivity index is 2.27. The summed E-state index contributed by atoms with van der Waals surface area (Å²) in [5, 5.41) is 39.5. The van der Waals surface area contributed by atoms with Crippen LogP contribution in [0.3, 0.4) is 0 Å². The lowest BCUT2D eigenvalue weighted by atomic mass is 10.0. The number of aliphatic hydroxyl groups excluding tert-OH is 1. The molecule has 1 aliphatic rings. The molecule has 0 aromatic heterocycles. The zero-order valence-electron chi connectivity index (χ0n) is 44.3. The Morgan fingerprint density at radius 2 is 1.18 bits per heavy atom. The largest absolute Gasteiger partial charge is 0.480 e. The van der Waals surface area contributed by atoms with E-state index in [1.165, 1.54) is 37.4 Å². The lowest BCUT2D eigenvalue weighted by molar-refractivity contribution is -0.144. The predicted octanol–water partition coefficient (Wildman–Crippen LogP) is -4.37. The van der Waals surface area contributed by atoms with Crippen LogP contribution in [0.25, 0.3) is 0 Å². The molecule has 1 heterocycles. The Kier molecular flexibility index (Phi) is 29.4. The van der Waals surface area contributed by atoms with E-state index >= 15 is 0 Å². The number of rotatable bonds is 34. The normalized spacial score (nSPS) is 16.5. The molecule has 29 heteroatoms. The maximum atomic E-state index is 14.1. The first kappa shape index (κ1) is 66.4. The summed E-state index contributed by atoms with van der Waals surface area (Å²) in [5.74, 6) is -9.86. The minimum absolute atomic E-state index is 0.00493. The maximum absolute atomic E-state index is 14.1. The van der Waals surface area contributed by atoms with E-state index in [4.69, 9.17) is 28.0 Å². The van der Waals surface area contributed by atoms with Crippen LogP contribution in [0.5, 0.6) is 0 Å². The van der Waals surface area contributed by atoms with E-state index in [1.807, 2.05) is 6.07 Å². The molecule has 0 spiro atoms. The van der Waals surface area contributed by atoms with Crippen molar-refractivity contribution in [1.29, 1.82) is 0 Å². The number of amides is 10. The molecule has 0 saturated carbocycles. The van der Waals surface area contributed by atoms with Gasteiger partial charge >= 0.3 is 5.97 Å². The van der Waals surface area contributed by atoms with Crippen LogP contribution in [0.4, 0.5) is 0 Å². The molecule has 1 aliphatic heterocycles. The number of aliphatic imine (C=N–C) groups is 1. The molecule has 77 heavy (non-hydrogen) atoms. The molecule has 1 aromatic carbocycles. The van der Waals surface area contributed by atoms with Crippen molar-refractivity contribution < 1.29 is 63.0 Å². The molecular formula is C48H78N14O13S2. The van der Waals surface area contributed by atoms with Gasteiger partial charge in [0.05, 0.1) is 19.1 Å². The number of nitrogens with two attached hydrogens (primary N) is 4. The third kappa shape index (κ3) is 23.2. The van der Waals surface area contributed by atoms with Gasteiger partial charge in [-0.25, -0.2) is 0 Å². The minimum atomic E-state index is -1.76. The van der Waals surface area contributed by atoms with E-state index in [0.717, 1.165) is 10.5 Å². The second-order valence-electron chi connectivity index (χ2n) is 18.7. The molecule has 430 valence electrons. The number of aliphatic hydroxyl groups is 1. The summed E-state index contributed by atoms with van der Waals surface area (Å²) in [7, 11) is 0. The van der Waals surface area contributed by atoms with Gasteiger partial charge in [-0.15, -0.1) is 0 Å². The summed E-state index contributed by atoms with van der Waals surface area (Å²) in [6, 6.07) is -4.11. The Morgan fingerprint density at radius 3 is 1.71 bits per heavy atom. The smallest absolute Gasteiger partial charge is 0.325 e. The quantitative estimate of drug-likeness (QED) is 0.0176. The molecule has 1 aromatic rings. The lowest BCUT2D eigenvalue weighted by Crippen LogP contribution is -2.61. The number of benzene rings is 1. The Labute approximate surface area is 456 Å². The second kappa shape index (κ2) is 34.1. The van der Waals surface area contributed by atoms with Crippen LogP contribution in [0, 0.1) is 5.92 Å². The van der Waals surface area contributed by atoms with Crippen molar-refractivity contribution in [2.75, 3.05) is 43.7 Å². The summed E-state index contributed by atoms with van der Waals surface area (Å²) >= 11 is 2.71. The molecule has 1 fully saturated rings. The van der Waals surface area contributed by atoms with Crippen molar-refractivity contribution in [1.82, 2.24) is 47.4 Å². The molecule has 1 saturated heterocycles. The van der Waals surface area contributed by atoms with Gasteiger partial charge in [-0.05, 0) is 94.3 Å². The SMILES string of the molecule is CSCC[C@H](NC(=O)[C@H](CCCN=C(N)N)NC(=O)[C@@H](N)Cc1ccccc1)C(=O)N[C@H](C(=O)N[C@@H](CCSC)C(=O)N[C@@H](CO)C(=O)N[C@@H](CC(N)=O)C(=O)N1CCC[C@H]1C(=O)N[C@@H](C)C(=O)N[C@@H](C)C(=O)O)C(C)C. The fourth-order valence-corrected chi connectivity index (χ4v) is 8.70. The zero-order valence-corrected chi connectivity index (χ0v) is 46.0. The van der Waals surface area contributed by atoms with E-state index in [0.29, 0.717) is 17.9 Å². The number of nitrogens with zero attached hydrogens (tertiary/aromatic N) is 2. The van der Waals surface area contributed by atoms with Crippen LogP contribution >= 0.6 is 23.5 Å². The number of carbonyl (C=O) groups excluding carboxylic acids is 10. The zero-order chi connectivity index (χ0) is 57.9. The Bertz CT molecular complexity index is 2230. The lowest BCUT2D eigenvalue weighted by Gasteiger charge is -2.30. The van der Waals surface area contributed by atoms with Crippen LogP contribution in [0.2, 0.25) is 0 Å². The van der Waals surface area contributed by atoms with Crippen molar-refractivity contribution in [3.05, 3.63) is 35.9 Å². The summed E-state index contributed by atoms with van der Waals surface area (Å²) in [5.41, 5.74) is 23.4. The number of thioether (sulfide) groups is 2. The number of aliphatic carboxylic acids is 1. The first-order chi connectivity index (χ1) is 36.3. The summed E-state index contributed by atoms with van der Waals surface area (Å²) in [6.07, 6.45) is 3.81. The van der Waals surface area contributed by atoms with E-state index in [2.05, 4.69) is 47.5 Å². The number of primary amides is 1. The van der Waals surface area contributed by atoms with Crippen LogP contribution in [0.15, 0.2) is 35.3 Å². The summed E-state index contributed by atoms with van der Waals surface area (Å²) < 4.78 is 0. The molecule has 0 aliphatic carbocycles. The van der Waals surface area contributed by atoms with E-state index < -0.39 is 144 Å². The molecule has 0 radical (unpaired) electrons. The van der Waals surface area contributed by atoms with Gasteiger partial charge in [0.15, 0.2) is 5.96 Å². The third-order valence-electron chi connectivity index (χ3n) is 12.1. The Morgan fingerprint density at radius 1 is 0.662 bits per heavy atom. The number of nitrogens with one attached hydrogen (secondary N) is 8. The Hall–Kier alpha value is -6.72. The molecule has 10 amide bonds. The predicted molar refractivity (Wildman–Crippen MR) is 289 cm³/mol. The molecular weight excluding hydrogens is 1040 g/mol. The topological polar surface area (TPSA) is 444 Å². The third-order valence-corrected chi connectivity index (χ3v) is 13.4. The van der Waals surface area contributed by atoms with Crippen LogP contribution in [0.1, 0.15) is 78.2 Å². The highest BCUT2D eigenvalue weighted by molar-refractivity contribution is 7.98. The standard InChI is InChI=1S/C48H78N14O13S2/c1-25(2)37(61-42(69)32(17-21-77-6)57-40(67)30(14-10-18-53-48(51)52)56-39(66)29(49)22-28-12-8-7-9-13-28)45(72)58-31(16-20-76-5)41(68)60-34(24-63)43(70)59-33(23-36(50)64)46(73)62-19-11-15-35(62)44(71)54-26(3)38(65)55-27(4)47(74)75/h7-9,12-13,25-27,29-35,37,63H,10-11,14-24,49H2,1-6H3,(H2,50,64)(H,54,71)(H,55,65)(H,56,66)(H,57,67)(H,58,72)(H,59,70)(H,60,68)(H,61,69)(H,74,75)(H4,51,52,53)/t26-,27-,29-,30-,31-,32-,33-,34-,35-,37-/m0/s1. The summed E-state index contributed by atoms with van der Waals surface area (Å²) in [6.45, 7) is 4.91. The number of carbonyl (C=O) groups is 11. The van der Waals surface area contributed by atoms with Crippen molar-refractivity contribution in [3.63, 3.8) is 0 Å². The van der Waals surface area contributed by atoms with Crippen LogP contribution in [-0.4, -0.2) is 190 Å². The van der Waals surface area contributed by atoms with Gasteiger partial charge in [-0.1, -0.05) is 44.2 Å². The van der Waals surface area contributed by atoms with E-state index in [-0.39, 0.29) is 57.6 Å². The maximum Gasteiger partial charge on any atom is 0.325 e. The molecule has 0 bridgehead atoms. The highest BCUT2D eigenvalue weighted by Crippen LogP contribution is 2.20. The van der Waals surface area contributed by atoms with Crippen molar-refractivity contribution in [3.8, 4) is 0 Å². The minimum Gasteiger partial charge on any atom is -0.480 e. The number of hydrogen-bond donors (Lipinski definition) is 14. The fourth-order valence-electron chi connectivity index (χ4n) is 7.76. The van der Waals surface area contributed by atoms with Gasteiger partial charge in [0.25, 0.3) is 0 Å². The molecule has 2 rings (SSSR count). The first-order valence-electron chi connectivity index (χ1n) is 25.0. The van der Waals surface area contributed by atoms with Gasteiger partial charge in [-0.2, -0.15) is 23.5 Å². The molecule has 18 N–H and O–H groups in total. The first-order valence-corrected chi connectivity index (χ1v) is 27.8. The van der Waals surface area contributed by atoms with Gasteiger partial charge in [-0.3, -0.25) is 57.7 Å². The van der Waals surface area contributed by atoms with Crippen LogP contribution < -0.4 is 65.5 Å². The van der Waals surface area contributed by atoms with Crippen molar-refractivity contribution in [2.24, 2.45) is 33.8 Å². The average Bonchev–Trinajstić information content (AvgIpc) is 3.88. The number of likely N-dealkylation sites (tertiary alicyclic amines) is 1. The van der Waals surface area contributed by atoms with Crippen LogP contribution in [-0.2, 0) is 59.2 Å². The van der Waals surface area contributed by atoms with E-state index in [1.54, 1.807) is 50.6 Å². The number of carboxylic acid groups (broad SMARTS) is 1.